The standard InChI is InChI=1S/C38H61N5O7S/c1-9-11-17-28(30(44)33(46)39-23-10-2)40-32(45)29-27(26(3)4)18-24-43(29)34(47)31(37(8)19-15-16-20-37)41-35(48)42-38(21-13-12-14-22-38)25-51(49,50)36(5,6)7/h1,10,26-29,31H,2,11-25H2,3-8H3,(H,39,46)(H,40,45)(H2,41,42,48)/t27-,28?,29+,31-/m1/s1. The largest absolute Gasteiger partial charge is 0.346 e. The molecule has 3 aliphatic rings. The number of rotatable bonds is 15. The first kappa shape index (κ1) is 42.0. The van der Waals surface area contributed by atoms with Crippen molar-refractivity contribution in [2.45, 2.75) is 147 Å². The Kier molecular flexibility index (Phi) is 14.3. The Balaban J connectivity index is 1.93. The SMILES string of the molecule is C#CCCC(NC(=O)[C@@H]1[C@@H](C(C)C)CCN1C(=O)[C@@H](NC(=O)NC1(CS(=O)(=O)C(C)(C)C)CCCCC1)C1(C)CCCC1)C(=O)C(=O)NCC=C. The van der Waals surface area contributed by atoms with Crippen LogP contribution in [0.4, 0.5) is 4.79 Å². The van der Waals surface area contributed by atoms with Gasteiger partial charge in [-0.2, -0.15) is 0 Å². The molecular formula is C38H61N5O7S. The molecule has 0 aromatic rings. The Morgan fingerprint density at radius 3 is 2.16 bits per heavy atom. The monoisotopic (exact) mass is 731 g/mol. The Morgan fingerprint density at radius 2 is 1.61 bits per heavy atom. The fourth-order valence-corrected chi connectivity index (χ4v) is 9.48. The van der Waals surface area contributed by atoms with Crippen LogP contribution in [0.25, 0.3) is 0 Å². The zero-order valence-electron chi connectivity index (χ0n) is 31.6. The molecule has 3 rings (SSSR count). The molecule has 3 fully saturated rings. The predicted octanol–water partition coefficient (Wildman–Crippen LogP) is 3.79. The van der Waals surface area contributed by atoms with E-state index in [1.165, 1.54) is 11.0 Å². The molecule has 1 heterocycles. The first-order chi connectivity index (χ1) is 23.8. The Hall–Kier alpha value is -3.40. The minimum atomic E-state index is -3.58. The number of carbonyl (C=O) groups excluding carboxylic acids is 5. The lowest BCUT2D eigenvalue weighted by atomic mass is 9.79. The van der Waals surface area contributed by atoms with Gasteiger partial charge in [0.25, 0.3) is 5.91 Å². The molecule has 0 radical (unpaired) electrons. The lowest BCUT2D eigenvalue weighted by Gasteiger charge is -2.42. The molecule has 1 unspecified atom stereocenters. The van der Waals surface area contributed by atoms with Crippen molar-refractivity contribution in [3.63, 3.8) is 0 Å². The minimum absolute atomic E-state index is 0.00185. The van der Waals surface area contributed by atoms with Crippen molar-refractivity contribution in [3.8, 4) is 12.3 Å². The Labute approximate surface area is 305 Å². The van der Waals surface area contributed by atoms with Crippen molar-refractivity contribution < 1.29 is 32.4 Å². The molecule has 51 heavy (non-hydrogen) atoms. The summed E-state index contributed by atoms with van der Waals surface area (Å²) in [5.74, 6) is -0.633. The zero-order valence-corrected chi connectivity index (χ0v) is 32.4. The Morgan fingerprint density at radius 1 is 1.00 bits per heavy atom. The number of Topliss-reactive ketones (excluding diaryl/α,β-unsaturated/α-hetero) is 1. The topological polar surface area (TPSA) is 171 Å². The highest BCUT2D eigenvalue weighted by Crippen LogP contribution is 2.43. The molecule has 2 saturated carbocycles. The molecule has 4 atom stereocenters. The van der Waals surface area contributed by atoms with E-state index in [0.717, 1.165) is 32.1 Å². The second-order valence-corrected chi connectivity index (χ2v) is 19.2. The number of hydrogen-bond donors (Lipinski definition) is 4. The van der Waals surface area contributed by atoms with Gasteiger partial charge in [0.15, 0.2) is 9.84 Å². The molecular weight excluding hydrogens is 671 g/mol. The smallest absolute Gasteiger partial charge is 0.315 e. The summed E-state index contributed by atoms with van der Waals surface area (Å²) in [6, 6.07) is -3.72. The zero-order chi connectivity index (χ0) is 38.2. The maximum atomic E-state index is 14.7. The van der Waals surface area contributed by atoms with E-state index in [2.05, 4.69) is 33.8 Å². The first-order valence-electron chi connectivity index (χ1n) is 18.6. The molecule has 0 bridgehead atoms. The lowest BCUT2D eigenvalue weighted by molar-refractivity contribution is -0.145. The van der Waals surface area contributed by atoms with Crippen LogP contribution < -0.4 is 21.3 Å². The molecule has 0 spiro atoms. The van der Waals surface area contributed by atoms with Crippen LogP contribution in [0.5, 0.6) is 0 Å². The predicted molar refractivity (Wildman–Crippen MR) is 198 cm³/mol. The van der Waals surface area contributed by atoms with Gasteiger partial charge in [-0.3, -0.25) is 19.2 Å². The van der Waals surface area contributed by atoms with Crippen LogP contribution in [0.15, 0.2) is 12.7 Å². The third kappa shape index (κ3) is 10.4. The second-order valence-electron chi connectivity index (χ2n) is 16.4. The second kappa shape index (κ2) is 17.4. The van der Waals surface area contributed by atoms with E-state index in [0.29, 0.717) is 32.1 Å². The van der Waals surface area contributed by atoms with Crippen molar-refractivity contribution >= 4 is 39.4 Å². The average molecular weight is 732 g/mol. The number of terminal acetylenes is 1. The number of carbonyl (C=O) groups is 5. The molecule has 286 valence electrons. The van der Waals surface area contributed by atoms with Gasteiger partial charge < -0.3 is 26.2 Å². The number of urea groups is 1. The summed E-state index contributed by atoms with van der Waals surface area (Å²) >= 11 is 0. The minimum Gasteiger partial charge on any atom is -0.346 e. The maximum absolute atomic E-state index is 14.7. The quantitative estimate of drug-likeness (QED) is 0.113. The van der Waals surface area contributed by atoms with Gasteiger partial charge in [0.2, 0.25) is 17.6 Å². The number of ketones is 1. The van der Waals surface area contributed by atoms with E-state index in [9.17, 15) is 32.4 Å². The summed E-state index contributed by atoms with van der Waals surface area (Å²) < 4.78 is 25.8. The third-order valence-corrected chi connectivity index (χ3v) is 14.0. The summed E-state index contributed by atoms with van der Waals surface area (Å²) in [4.78, 5) is 70.1. The van der Waals surface area contributed by atoms with Crippen LogP contribution in [0.3, 0.4) is 0 Å². The van der Waals surface area contributed by atoms with Crippen molar-refractivity contribution in [3.05, 3.63) is 12.7 Å². The van der Waals surface area contributed by atoms with Crippen LogP contribution in [0, 0.1) is 29.6 Å². The molecule has 12 nitrogen and oxygen atoms in total. The summed E-state index contributed by atoms with van der Waals surface area (Å²) in [6.07, 6.45) is 14.3. The van der Waals surface area contributed by atoms with E-state index in [4.69, 9.17) is 6.42 Å². The maximum Gasteiger partial charge on any atom is 0.315 e. The molecule has 13 heteroatoms. The van der Waals surface area contributed by atoms with Crippen molar-refractivity contribution in [1.82, 2.24) is 26.2 Å². The molecule has 1 aliphatic heterocycles. The summed E-state index contributed by atoms with van der Waals surface area (Å²) in [7, 11) is -3.58. The van der Waals surface area contributed by atoms with Crippen LogP contribution >= 0.6 is 0 Å². The van der Waals surface area contributed by atoms with Gasteiger partial charge in [0.05, 0.1) is 22.1 Å². The number of nitrogens with one attached hydrogen (secondary N) is 4. The molecule has 0 aromatic heterocycles. The van der Waals surface area contributed by atoms with E-state index >= 15 is 0 Å². The van der Waals surface area contributed by atoms with Gasteiger partial charge in [-0.1, -0.05) is 59.0 Å². The van der Waals surface area contributed by atoms with Crippen LogP contribution in [0.2, 0.25) is 0 Å². The van der Waals surface area contributed by atoms with E-state index in [1.54, 1.807) is 20.8 Å². The van der Waals surface area contributed by atoms with Crippen LogP contribution in [0.1, 0.15) is 119 Å². The third-order valence-electron chi connectivity index (χ3n) is 11.2. The van der Waals surface area contributed by atoms with Crippen LogP contribution in [-0.4, -0.2) is 90.1 Å². The van der Waals surface area contributed by atoms with E-state index < -0.39 is 73.2 Å². The summed E-state index contributed by atoms with van der Waals surface area (Å²) in [6.45, 7) is 14.8. The fourth-order valence-electron chi connectivity index (χ4n) is 7.95. The number of likely N-dealkylation sites (tertiary alicyclic amines) is 1. The van der Waals surface area contributed by atoms with Gasteiger partial charge in [-0.05, 0) is 76.5 Å². The van der Waals surface area contributed by atoms with Crippen molar-refractivity contribution in [1.29, 1.82) is 0 Å². The molecule has 2 aliphatic carbocycles. The van der Waals surface area contributed by atoms with Gasteiger partial charge >= 0.3 is 6.03 Å². The number of nitrogens with zero attached hydrogens (tertiary/aromatic N) is 1. The number of amides is 5. The number of sulfone groups is 1. The molecule has 4 N–H and O–H groups in total. The van der Waals surface area contributed by atoms with Crippen molar-refractivity contribution in [2.24, 2.45) is 17.3 Å². The average Bonchev–Trinajstić information content (AvgIpc) is 3.71. The Bertz CT molecular complexity index is 1450. The lowest BCUT2D eigenvalue weighted by Crippen LogP contribution is -2.64. The van der Waals surface area contributed by atoms with Gasteiger partial charge in [-0.15, -0.1) is 18.9 Å². The van der Waals surface area contributed by atoms with Gasteiger partial charge in [0, 0.05) is 19.5 Å². The summed E-state index contributed by atoms with van der Waals surface area (Å²) in [5.41, 5.74) is -1.56. The van der Waals surface area contributed by atoms with Gasteiger partial charge in [-0.25, -0.2) is 13.2 Å². The highest BCUT2D eigenvalue weighted by Gasteiger charge is 2.51. The summed E-state index contributed by atoms with van der Waals surface area (Å²) in [5, 5.41) is 11.2. The fraction of sp³-hybridized carbons (Fsp3) is 0.763. The highest BCUT2D eigenvalue weighted by atomic mass is 32.2. The van der Waals surface area contributed by atoms with Gasteiger partial charge in [0.1, 0.15) is 12.1 Å². The normalized spacial score (nSPS) is 22.7. The van der Waals surface area contributed by atoms with Crippen LogP contribution in [-0.2, 0) is 29.0 Å². The first-order valence-corrected chi connectivity index (χ1v) is 20.2. The van der Waals surface area contributed by atoms with E-state index in [-0.39, 0.29) is 43.5 Å². The molecule has 1 saturated heterocycles. The van der Waals surface area contributed by atoms with E-state index in [1.807, 2.05) is 20.8 Å². The highest BCUT2D eigenvalue weighted by molar-refractivity contribution is 7.92. The number of hydrogen-bond acceptors (Lipinski definition) is 7. The molecule has 5 amide bonds. The molecule has 0 aromatic carbocycles. The van der Waals surface area contributed by atoms with Crippen molar-refractivity contribution in [2.75, 3.05) is 18.8 Å².